The molecule has 0 bridgehead atoms. The van der Waals surface area contributed by atoms with Gasteiger partial charge in [-0.1, -0.05) is 18.2 Å². The number of aryl methyl sites for hydroxylation is 1. The second-order valence-electron chi connectivity index (χ2n) is 5.20. The van der Waals surface area contributed by atoms with Gasteiger partial charge in [0.25, 0.3) is 5.91 Å². The summed E-state index contributed by atoms with van der Waals surface area (Å²) < 4.78 is 5.66. The Bertz CT molecular complexity index is 942. The fourth-order valence-electron chi connectivity index (χ4n) is 2.25. The molecule has 2 aromatic heterocycles. The molecule has 0 aliphatic carbocycles. The predicted molar refractivity (Wildman–Crippen MR) is 92.6 cm³/mol. The lowest BCUT2D eigenvalue weighted by atomic mass is 10.0. The van der Waals surface area contributed by atoms with Crippen LogP contribution in [-0.4, -0.2) is 18.1 Å². The topological polar surface area (TPSA) is 94.7 Å². The molecule has 126 valence electrons. The Labute approximate surface area is 147 Å². The van der Waals surface area contributed by atoms with E-state index in [2.05, 4.69) is 10.5 Å². The summed E-state index contributed by atoms with van der Waals surface area (Å²) in [7, 11) is 0. The highest BCUT2D eigenvalue weighted by Crippen LogP contribution is 2.25. The van der Waals surface area contributed by atoms with Gasteiger partial charge in [0.1, 0.15) is 11.5 Å². The third-order valence-corrected chi connectivity index (χ3v) is 4.33. The van der Waals surface area contributed by atoms with E-state index in [0.29, 0.717) is 16.4 Å². The number of rotatable bonds is 5. The Balaban J connectivity index is 1.71. The van der Waals surface area contributed by atoms with Crippen LogP contribution in [0.3, 0.4) is 0 Å². The van der Waals surface area contributed by atoms with Gasteiger partial charge >= 0.3 is 0 Å². The van der Waals surface area contributed by atoms with Crippen molar-refractivity contribution in [3.8, 4) is 11.3 Å². The first-order valence-electron chi connectivity index (χ1n) is 7.33. The van der Waals surface area contributed by atoms with Crippen molar-refractivity contribution in [1.29, 1.82) is 0 Å². The van der Waals surface area contributed by atoms with Gasteiger partial charge in [-0.25, -0.2) is 5.43 Å². The van der Waals surface area contributed by atoms with Gasteiger partial charge in [-0.15, -0.1) is 11.3 Å². The number of thiophene rings is 1. The van der Waals surface area contributed by atoms with E-state index in [1.54, 1.807) is 37.3 Å². The van der Waals surface area contributed by atoms with Crippen molar-refractivity contribution in [1.82, 2.24) is 5.43 Å². The molecule has 0 radical (unpaired) electrons. The Kier molecular flexibility index (Phi) is 4.76. The average Bonchev–Trinajstić information content (AvgIpc) is 3.26. The molecule has 1 amide bonds. The van der Waals surface area contributed by atoms with Crippen molar-refractivity contribution in [3.05, 3.63) is 69.6 Å². The summed E-state index contributed by atoms with van der Waals surface area (Å²) in [5, 5.41) is 16.6. The van der Waals surface area contributed by atoms with E-state index >= 15 is 0 Å². The number of carboxylic acids is 1. The molecule has 6 nitrogen and oxygen atoms in total. The molecule has 0 unspecified atom stereocenters. The van der Waals surface area contributed by atoms with Gasteiger partial charge in [0.05, 0.1) is 17.1 Å². The van der Waals surface area contributed by atoms with E-state index in [4.69, 9.17) is 4.42 Å². The molecule has 25 heavy (non-hydrogen) atoms. The van der Waals surface area contributed by atoms with Gasteiger partial charge in [0.15, 0.2) is 0 Å². The molecule has 1 aromatic carbocycles. The van der Waals surface area contributed by atoms with Crippen molar-refractivity contribution in [2.45, 2.75) is 6.92 Å². The van der Waals surface area contributed by atoms with Crippen LogP contribution >= 0.6 is 11.3 Å². The van der Waals surface area contributed by atoms with Crippen LogP contribution in [-0.2, 0) is 0 Å². The minimum Gasteiger partial charge on any atom is -0.545 e. The zero-order valence-corrected chi connectivity index (χ0v) is 14.0. The summed E-state index contributed by atoms with van der Waals surface area (Å²) in [5.74, 6) is -0.464. The molecule has 0 saturated heterocycles. The number of carboxylic acid groups (broad SMARTS) is 1. The van der Waals surface area contributed by atoms with Gasteiger partial charge in [-0.05, 0) is 47.7 Å². The van der Waals surface area contributed by atoms with Crippen LogP contribution in [0.15, 0.2) is 57.4 Å². The van der Waals surface area contributed by atoms with Crippen LogP contribution in [0.25, 0.3) is 11.3 Å². The third-order valence-electron chi connectivity index (χ3n) is 3.46. The maximum Gasteiger partial charge on any atom is 0.281 e. The van der Waals surface area contributed by atoms with Crippen molar-refractivity contribution >= 4 is 29.4 Å². The summed E-state index contributed by atoms with van der Waals surface area (Å²) in [4.78, 5) is 23.2. The number of furan rings is 1. The quantitative estimate of drug-likeness (QED) is 0.563. The fourth-order valence-corrected chi connectivity index (χ4v) is 2.87. The number of hydrogen-bond donors (Lipinski definition) is 1. The molecule has 0 aliphatic heterocycles. The number of carbonyl (C=O) groups is 2. The molecule has 0 fully saturated rings. The van der Waals surface area contributed by atoms with Crippen molar-refractivity contribution in [2.24, 2.45) is 5.10 Å². The van der Waals surface area contributed by atoms with Crippen LogP contribution in [0.5, 0.6) is 0 Å². The number of nitrogens with zero attached hydrogens (tertiary/aromatic N) is 1. The number of benzene rings is 1. The van der Waals surface area contributed by atoms with E-state index in [0.717, 1.165) is 11.1 Å². The Morgan fingerprint density at radius 3 is 2.76 bits per heavy atom. The molecule has 0 spiro atoms. The van der Waals surface area contributed by atoms with E-state index in [9.17, 15) is 14.7 Å². The molecule has 0 saturated carbocycles. The van der Waals surface area contributed by atoms with Crippen LogP contribution in [0.1, 0.15) is 31.4 Å². The fraction of sp³-hybridized carbons (Fsp3) is 0.0556. The normalized spacial score (nSPS) is 10.9. The lowest BCUT2D eigenvalue weighted by Gasteiger charge is -2.07. The summed E-state index contributed by atoms with van der Waals surface area (Å²) in [6.07, 6.45) is 1.40. The largest absolute Gasteiger partial charge is 0.545 e. The first kappa shape index (κ1) is 16.7. The average molecular weight is 353 g/mol. The zero-order valence-electron chi connectivity index (χ0n) is 13.2. The van der Waals surface area contributed by atoms with Gasteiger partial charge in [0.2, 0.25) is 0 Å². The van der Waals surface area contributed by atoms with Crippen LogP contribution in [0, 0.1) is 6.92 Å². The summed E-state index contributed by atoms with van der Waals surface area (Å²) in [6.45, 7) is 1.79. The summed E-state index contributed by atoms with van der Waals surface area (Å²) in [5.41, 5.74) is 4.06. The zero-order chi connectivity index (χ0) is 17.8. The van der Waals surface area contributed by atoms with E-state index < -0.39 is 5.97 Å². The minimum absolute atomic E-state index is 0.117. The first-order valence-corrected chi connectivity index (χ1v) is 8.21. The van der Waals surface area contributed by atoms with Crippen LogP contribution in [0.2, 0.25) is 0 Å². The molecule has 0 aliphatic rings. The molecule has 7 heteroatoms. The molecule has 3 rings (SSSR count). The minimum atomic E-state index is -1.22. The predicted octanol–water partition coefficient (Wildman–Crippen LogP) is 2.44. The Morgan fingerprint density at radius 2 is 2.08 bits per heavy atom. The lowest BCUT2D eigenvalue weighted by molar-refractivity contribution is -0.255. The van der Waals surface area contributed by atoms with Crippen molar-refractivity contribution < 1.29 is 19.1 Å². The standard InChI is InChI=1S/C18H14N2O4S/c1-11-9-12(18(22)23)4-6-14(11)15-7-5-13(24-15)10-19-20-17(21)16-3-2-8-25-16/h2-10H,1H3,(H,20,21)(H,22,23)/p-1/b19-10+. The van der Waals surface area contributed by atoms with E-state index in [1.807, 2.05) is 5.38 Å². The number of nitrogens with one attached hydrogen (secondary N) is 1. The highest BCUT2D eigenvalue weighted by Gasteiger charge is 2.08. The second-order valence-corrected chi connectivity index (χ2v) is 6.14. The highest BCUT2D eigenvalue weighted by molar-refractivity contribution is 7.12. The van der Waals surface area contributed by atoms with Gasteiger partial charge < -0.3 is 14.3 Å². The van der Waals surface area contributed by atoms with Gasteiger partial charge in [0, 0.05) is 5.56 Å². The second kappa shape index (κ2) is 7.14. The molecular formula is C18H13N2O4S-. The van der Waals surface area contributed by atoms with Crippen LogP contribution in [0.4, 0.5) is 0 Å². The molecular weight excluding hydrogens is 340 g/mol. The summed E-state index contributed by atoms with van der Waals surface area (Å²) in [6, 6.07) is 11.6. The smallest absolute Gasteiger partial charge is 0.281 e. The SMILES string of the molecule is Cc1cc(C(=O)[O-])ccc1-c1ccc(/C=N/NC(=O)c2cccs2)o1. The van der Waals surface area contributed by atoms with Crippen LogP contribution < -0.4 is 10.5 Å². The summed E-state index contributed by atoms with van der Waals surface area (Å²) >= 11 is 1.33. The number of hydrazone groups is 1. The number of hydrogen-bond acceptors (Lipinski definition) is 6. The molecule has 1 N–H and O–H groups in total. The van der Waals surface area contributed by atoms with E-state index in [1.165, 1.54) is 29.7 Å². The maximum absolute atomic E-state index is 11.8. The highest BCUT2D eigenvalue weighted by atomic mass is 32.1. The molecule has 0 atom stereocenters. The number of aromatic carboxylic acids is 1. The molecule has 2 heterocycles. The number of amides is 1. The van der Waals surface area contributed by atoms with Crippen molar-refractivity contribution in [3.63, 3.8) is 0 Å². The number of carbonyl (C=O) groups excluding carboxylic acids is 2. The first-order chi connectivity index (χ1) is 12.0. The lowest BCUT2D eigenvalue weighted by Crippen LogP contribution is -2.22. The Hall–Kier alpha value is -3.19. The van der Waals surface area contributed by atoms with Gasteiger partial charge in [-0.2, -0.15) is 5.10 Å². The van der Waals surface area contributed by atoms with Crippen molar-refractivity contribution in [2.75, 3.05) is 0 Å². The maximum atomic E-state index is 11.8. The van der Waals surface area contributed by atoms with E-state index in [-0.39, 0.29) is 11.5 Å². The third kappa shape index (κ3) is 3.84. The molecule has 3 aromatic rings. The van der Waals surface area contributed by atoms with Gasteiger partial charge in [-0.3, -0.25) is 4.79 Å². The Morgan fingerprint density at radius 1 is 1.24 bits per heavy atom. The monoisotopic (exact) mass is 353 g/mol.